The Bertz CT molecular complexity index is 694. The molecule has 0 saturated heterocycles. The van der Waals surface area contributed by atoms with E-state index in [2.05, 4.69) is 5.32 Å². The largest absolute Gasteiger partial charge is 0.497 e. The number of anilines is 1. The van der Waals surface area contributed by atoms with Gasteiger partial charge in [0.25, 0.3) is 5.91 Å². The van der Waals surface area contributed by atoms with Gasteiger partial charge in [0, 0.05) is 5.69 Å². The van der Waals surface area contributed by atoms with Crippen LogP contribution in [0.1, 0.15) is 22.8 Å². The number of methoxy groups -OCH3 is 1. The maximum atomic E-state index is 12.1. The van der Waals surface area contributed by atoms with Crippen LogP contribution in [-0.2, 0) is 9.53 Å². The second-order valence-corrected chi connectivity index (χ2v) is 5.13. The maximum Gasteiger partial charge on any atom is 0.338 e. The van der Waals surface area contributed by atoms with Gasteiger partial charge >= 0.3 is 5.97 Å². The van der Waals surface area contributed by atoms with E-state index in [1.54, 1.807) is 49.6 Å². The van der Waals surface area contributed by atoms with Crippen LogP contribution in [0.2, 0.25) is 0 Å². The zero-order valence-electron chi connectivity index (χ0n) is 13.3. The van der Waals surface area contributed by atoms with E-state index in [4.69, 9.17) is 9.47 Å². The first kappa shape index (κ1) is 16.5. The molecule has 23 heavy (non-hydrogen) atoms. The summed E-state index contributed by atoms with van der Waals surface area (Å²) in [6.07, 6.45) is -0.898. The average molecular weight is 313 g/mol. The number of ether oxygens (including phenoxy) is 2. The van der Waals surface area contributed by atoms with Crippen molar-refractivity contribution in [2.24, 2.45) is 0 Å². The van der Waals surface area contributed by atoms with Crippen LogP contribution in [-0.4, -0.2) is 25.1 Å². The van der Waals surface area contributed by atoms with Crippen LogP contribution in [0.15, 0.2) is 48.5 Å². The number of carbonyl (C=O) groups excluding carboxylic acids is 2. The summed E-state index contributed by atoms with van der Waals surface area (Å²) in [5, 5.41) is 2.69. The van der Waals surface area contributed by atoms with Crippen molar-refractivity contribution in [1.82, 2.24) is 0 Å². The van der Waals surface area contributed by atoms with Crippen molar-refractivity contribution < 1.29 is 19.1 Å². The van der Waals surface area contributed by atoms with E-state index < -0.39 is 18.0 Å². The van der Waals surface area contributed by atoms with Crippen molar-refractivity contribution in [1.29, 1.82) is 0 Å². The van der Waals surface area contributed by atoms with Crippen molar-refractivity contribution in [3.63, 3.8) is 0 Å². The van der Waals surface area contributed by atoms with E-state index in [1.807, 2.05) is 13.0 Å². The molecule has 0 saturated carbocycles. The average Bonchev–Trinajstić information content (AvgIpc) is 2.55. The Labute approximate surface area is 135 Å². The molecule has 1 amide bonds. The Kier molecular flexibility index (Phi) is 5.36. The summed E-state index contributed by atoms with van der Waals surface area (Å²) < 4.78 is 10.2. The lowest BCUT2D eigenvalue weighted by molar-refractivity contribution is -0.123. The summed E-state index contributed by atoms with van der Waals surface area (Å²) in [7, 11) is 1.57. The highest BCUT2D eigenvalue weighted by molar-refractivity contribution is 5.97. The molecule has 1 atom stereocenters. The van der Waals surface area contributed by atoms with Gasteiger partial charge in [0.1, 0.15) is 5.75 Å². The van der Waals surface area contributed by atoms with Crippen LogP contribution in [0.4, 0.5) is 5.69 Å². The highest BCUT2D eigenvalue weighted by atomic mass is 16.5. The fraction of sp³-hybridized carbons (Fsp3) is 0.222. The van der Waals surface area contributed by atoms with E-state index in [-0.39, 0.29) is 0 Å². The van der Waals surface area contributed by atoms with E-state index in [0.29, 0.717) is 17.0 Å². The van der Waals surface area contributed by atoms with E-state index in [0.717, 1.165) is 5.56 Å². The van der Waals surface area contributed by atoms with E-state index in [9.17, 15) is 9.59 Å². The second kappa shape index (κ2) is 7.45. The van der Waals surface area contributed by atoms with Gasteiger partial charge < -0.3 is 14.8 Å². The van der Waals surface area contributed by atoms with Gasteiger partial charge in [-0.25, -0.2) is 4.79 Å². The maximum absolute atomic E-state index is 12.1. The van der Waals surface area contributed by atoms with Gasteiger partial charge in [0.15, 0.2) is 6.10 Å². The number of hydrogen-bond donors (Lipinski definition) is 1. The van der Waals surface area contributed by atoms with Crippen LogP contribution in [0.25, 0.3) is 0 Å². The summed E-state index contributed by atoms with van der Waals surface area (Å²) in [4.78, 5) is 24.1. The third kappa shape index (κ3) is 4.57. The Morgan fingerprint density at radius 2 is 1.78 bits per heavy atom. The molecule has 0 spiro atoms. The summed E-state index contributed by atoms with van der Waals surface area (Å²) in [6, 6.07) is 13.9. The fourth-order valence-corrected chi connectivity index (χ4v) is 1.97. The molecule has 0 aromatic heterocycles. The third-order valence-corrected chi connectivity index (χ3v) is 3.26. The standard InChI is InChI=1S/C18H19NO4/c1-12-5-4-6-14(11-12)18(21)23-13(2)17(20)19-15-7-9-16(22-3)10-8-15/h4-11,13H,1-3H3,(H,19,20)/t13-/m0/s1. The van der Waals surface area contributed by atoms with Gasteiger partial charge in [0.05, 0.1) is 12.7 Å². The van der Waals surface area contributed by atoms with Crippen molar-refractivity contribution in [2.45, 2.75) is 20.0 Å². The number of amides is 1. The molecule has 0 aliphatic rings. The molecule has 0 heterocycles. The van der Waals surface area contributed by atoms with Crippen LogP contribution < -0.4 is 10.1 Å². The Morgan fingerprint density at radius 1 is 1.09 bits per heavy atom. The monoisotopic (exact) mass is 313 g/mol. The van der Waals surface area contributed by atoms with E-state index in [1.165, 1.54) is 6.92 Å². The first-order valence-corrected chi connectivity index (χ1v) is 7.22. The normalized spacial score (nSPS) is 11.4. The molecule has 120 valence electrons. The SMILES string of the molecule is COc1ccc(NC(=O)[C@H](C)OC(=O)c2cccc(C)c2)cc1. The number of carbonyl (C=O) groups is 2. The van der Waals surface area contributed by atoms with Crippen molar-refractivity contribution in [3.05, 3.63) is 59.7 Å². The highest BCUT2D eigenvalue weighted by Crippen LogP contribution is 2.15. The Hall–Kier alpha value is -2.82. The second-order valence-electron chi connectivity index (χ2n) is 5.13. The topological polar surface area (TPSA) is 64.6 Å². The first-order valence-electron chi connectivity index (χ1n) is 7.22. The number of benzene rings is 2. The summed E-state index contributed by atoms with van der Waals surface area (Å²) in [6.45, 7) is 3.42. The molecule has 2 aromatic carbocycles. The van der Waals surface area contributed by atoms with Gasteiger partial charge in [-0.2, -0.15) is 0 Å². The van der Waals surface area contributed by atoms with Crippen LogP contribution in [0.5, 0.6) is 5.75 Å². The lowest BCUT2D eigenvalue weighted by atomic mass is 10.1. The quantitative estimate of drug-likeness (QED) is 0.861. The highest BCUT2D eigenvalue weighted by Gasteiger charge is 2.19. The molecule has 1 N–H and O–H groups in total. The lowest BCUT2D eigenvalue weighted by Crippen LogP contribution is -2.30. The minimum atomic E-state index is -0.898. The molecular formula is C18H19NO4. The van der Waals surface area contributed by atoms with E-state index >= 15 is 0 Å². The lowest BCUT2D eigenvalue weighted by Gasteiger charge is -2.14. The van der Waals surface area contributed by atoms with Crippen molar-refractivity contribution in [2.75, 3.05) is 12.4 Å². The number of rotatable bonds is 5. The number of hydrogen-bond acceptors (Lipinski definition) is 4. The number of nitrogens with one attached hydrogen (secondary N) is 1. The molecule has 5 nitrogen and oxygen atoms in total. The summed E-state index contributed by atoms with van der Waals surface area (Å²) in [5.41, 5.74) is 1.98. The van der Waals surface area contributed by atoms with Crippen molar-refractivity contribution in [3.8, 4) is 5.75 Å². The predicted molar refractivity (Wildman–Crippen MR) is 87.7 cm³/mol. The van der Waals surface area contributed by atoms with Gasteiger partial charge in [-0.1, -0.05) is 17.7 Å². The molecule has 0 bridgehead atoms. The van der Waals surface area contributed by atoms with Crippen molar-refractivity contribution >= 4 is 17.6 Å². The molecule has 0 aliphatic heterocycles. The summed E-state index contributed by atoms with van der Waals surface area (Å²) >= 11 is 0. The molecule has 2 aromatic rings. The van der Waals surface area contributed by atoms with Crippen LogP contribution in [0.3, 0.4) is 0 Å². The van der Waals surface area contributed by atoms with Gasteiger partial charge in [0.2, 0.25) is 0 Å². The zero-order valence-corrected chi connectivity index (χ0v) is 13.3. The first-order chi connectivity index (χ1) is 11.0. The molecule has 0 aliphatic carbocycles. The number of aryl methyl sites for hydroxylation is 1. The molecular weight excluding hydrogens is 294 g/mol. The Balaban J connectivity index is 1.95. The van der Waals surface area contributed by atoms with Gasteiger partial charge in [-0.3, -0.25) is 4.79 Å². The van der Waals surface area contributed by atoms with Crippen LogP contribution >= 0.6 is 0 Å². The zero-order chi connectivity index (χ0) is 16.8. The molecule has 0 radical (unpaired) electrons. The molecule has 0 fully saturated rings. The Morgan fingerprint density at radius 3 is 2.39 bits per heavy atom. The van der Waals surface area contributed by atoms with Gasteiger partial charge in [-0.15, -0.1) is 0 Å². The molecule has 2 rings (SSSR count). The third-order valence-electron chi connectivity index (χ3n) is 3.26. The molecule has 0 unspecified atom stereocenters. The minimum absolute atomic E-state index is 0.392. The smallest absolute Gasteiger partial charge is 0.338 e. The predicted octanol–water partition coefficient (Wildman–Crippen LogP) is 3.19. The summed E-state index contributed by atoms with van der Waals surface area (Å²) in [5.74, 6) is -0.218. The van der Waals surface area contributed by atoms with Gasteiger partial charge in [-0.05, 0) is 50.2 Å². The molecule has 5 heteroatoms. The minimum Gasteiger partial charge on any atom is -0.497 e. The number of esters is 1. The fourth-order valence-electron chi connectivity index (χ4n) is 1.97. The van der Waals surface area contributed by atoms with Crippen LogP contribution in [0, 0.1) is 6.92 Å².